The van der Waals surface area contributed by atoms with Crippen molar-refractivity contribution >= 4 is 23.5 Å². The van der Waals surface area contributed by atoms with Gasteiger partial charge >= 0.3 is 12.1 Å². The molecule has 2 atom stereocenters. The first-order valence-corrected chi connectivity index (χ1v) is 7.55. The van der Waals surface area contributed by atoms with E-state index in [9.17, 15) is 27.6 Å². The van der Waals surface area contributed by atoms with Crippen LogP contribution in [0, 0.1) is 5.92 Å². The van der Waals surface area contributed by atoms with Crippen molar-refractivity contribution < 1.29 is 32.7 Å². The summed E-state index contributed by atoms with van der Waals surface area (Å²) >= 11 is 0. The summed E-state index contributed by atoms with van der Waals surface area (Å²) in [7, 11) is 0. The molecule has 25 heavy (non-hydrogen) atoms. The van der Waals surface area contributed by atoms with Crippen LogP contribution in [0.15, 0.2) is 24.3 Å². The number of hydrogen-bond donors (Lipinski definition) is 2. The van der Waals surface area contributed by atoms with E-state index in [4.69, 9.17) is 5.11 Å². The van der Waals surface area contributed by atoms with E-state index in [1.165, 1.54) is 13.0 Å². The van der Waals surface area contributed by atoms with Gasteiger partial charge in [-0.05, 0) is 24.6 Å². The Hall–Kier alpha value is -2.58. The Balaban J connectivity index is 2.02. The highest BCUT2D eigenvalue weighted by atomic mass is 19.4. The minimum absolute atomic E-state index is 0.285. The number of aliphatic carboxylic acids is 1. The molecule has 0 bridgehead atoms. The zero-order valence-electron chi connectivity index (χ0n) is 13.3. The van der Waals surface area contributed by atoms with Crippen molar-refractivity contribution in [2.45, 2.75) is 25.4 Å². The minimum Gasteiger partial charge on any atom is -0.481 e. The topological polar surface area (TPSA) is 86.7 Å². The molecule has 6 nitrogen and oxygen atoms in total. The number of likely N-dealkylation sites (tertiary alicyclic amines) is 1. The van der Waals surface area contributed by atoms with Gasteiger partial charge in [0, 0.05) is 18.7 Å². The highest BCUT2D eigenvalue weighted by Crippen LogP contribution is 2.25. The first kappa shape index (κ1) is 18.8. The Morgan fingerprint density at radius 3 is 2.68 bits per heavy atom. The van der Waals surface area contributed by atoms with E-state index in [-0.39, 0.29) is 13.0 Å². The fourth-order valence-electron chi connectivity index (χ4n) is 2.59. The Kier molecular flexibility index (Phi) is 5.34. The van der Waals surface area contributed by atoms with Crippen LogP contribution in [-0.2, 0) is 14.4 Å². The summed E-state index contributed by atoms with van der Waals surface area (Å²) in [5, 5.41) is 11.5. The summed E-state index contributed by atoms with van der Waals surface area (Å²) in [6.07, 6.45) is -4.80. The highest BCUT2D eigenvalue weighted by molar-refractivity contribution is 5.97. The van der Waals surface area contributed by atoms with Gasteiger partial charge in [0.2, 0.25) is 11.8 Å². The summed E-state index contributed by atoms with van der Waals surface area (Å²) in [5.41, 5.74) is 0.809. The smallest absolute Gasteiger partial charge is 0.406 e. The quantitative estimate of drug-likeness (QED) is 0.845. The van der Waals surface area contributed by atoms with Crippen molar-refractivity contribution in [1.29, 1.82) is 0 Å². The summed E-state index contributed by atoms with van der Waals surface area (Å²) in [4.78, 5) is 35.4. The number of carbonyl (C=O) groups is 3. The van der Waals surface area contributed by atoms with Crippen LogP contribution < -0.4 is 5.32 Å². The van der Waals surface area contributed by atoms with E-state index >= 15 is 0 Å². The molecule has 1 aromatic rings. The van der Waals surface area contributed by atoms with Crippen molar-refractivity contribution in [3.63, 3.8) is 0 Å². The first-order chi connectivity index (χ1) is 11.6. The number of nitrogens with zero attached hydrogens (tertiary/aromatic N) is 1. The molecule has 0 radical (unpaired) electrons. The van der Waals surface area contributed by atoms with Crippen LogP contribution in [0.2, 0.25) is 0 Å². The lowest BCUT2D eigenvalue weighted by Crippen LogP contribution is -2.36. The SMILES string of the molecule is CC(C(=O)O)c1cccc(NC(=O)C2CC(=O)N(CC(F)(F)F)C2)c1. The van der Waals surface area contributed by atoms with Gasteiger partial charge < -0.3 is 15.3 Å². The number of anilines is 1. The average Bonchev–Trinajstić information content (AvgIpc) is 2.86. The summed E-state index contributed by atoms with van der Waals surface area (Å²) < 4.78 is 37.2. The van der Waals surface area contributed by atoms with Gasteiger partial charge in [-0.25, -0.2) is 0 Å². The lowest BCUT2D eigenvalue weighted by Gasteiger charge is -2.18. The van der Waals surface area contributed by atoms with Crippen LogP contribution in [0.4, 0.5) is 18.9 Å². The van der Waals surface area contributed by atoms with E-state index in [1.807, 2.05) is 0 Å². The second-order valence-corrected chi connectivity index (χ2v) is 5.97. The molecule has 0 saturated carbocycles. The molecule has 1 heterocycles. The molecular formula is C16H17F3N2O4. The predicted octanol–water partition coefficient (Wildman–Crippen LogP) is 2.22. The van der Waals surface area contributed by atoms with E-state index in [0.717, 1.165) is 0 Å². The van der Waals surface area contributed by atoms with Crippen LogP contribution in [0.3, 0.4) is 0 Å². The maximum Gasteiger partial charge on any atom is 0.406 e. The fraction of sp³-hybridized carbons (Fsp3) is 0.438. The second kappa shape index (κ2) is 7.12. The maximum atomic E-state index is 12.4. The molecule has 2 N–H and O–H groups in total. The fourth-order valence-corrected chi connectivity index (χ4v) is 2.59. The Labute approximate surface area is 141 Å². The largest absolute Gasteiger partial charge is 0.481 e. The third-order valence-electron chi connectivity index (χ3n) is 3.98. The van der Waals surface area contributed by atoms with E-state index in [1.54, 1.807) is 18.2 Å². The van der Waals surface area contributed by atoms with Crippen LogP contribution in [0.25, 0.3) is 0 Å². The van der Waals surface area contributed by atoms with Gasteiger partial charge in [-0.2, -0.15) is 13.2 Å². The molecule has 1 saturated heterocycles. The monoisotopic (exact) mass is 358 g/mol. The predicted molar refractivity (Wildman–Crippen MR) is 81.9 cm³/mol. The number of carboxylic acids is 1. The van der Waals surface area contributed by atoms with Crippen molar-refractivity contribution in [3.05, 3.63) is 29.8 Å². The number of benzene rings is 1. The summed E-state index contributed by atoms with van der Waals surface area (Å²) in [6.45, 7) is -0.176. The zero-order chi connectivity index (χ0) is 18.8. The molecule has 1 fully saturated rings. The molecule has 1 aliphatic rings. The van der Waals surface area contributed by atoms with Gasteiger partial charge in [0.15, 0.2) is 0 Å². The number of hydrogen-bond acceptors (Lipinski definition) is 3. The van der Waals surface area contributed by atoms with Crippen molar-refractivity contribution in [3.8, 4) is 0 Å². The first-order valence-electron chi connectivity index (χ1n) is 7.55. The van der Waals surface area contributed by atoms with Gasteiger partial charge in [0.25, 0.3) is 0 Å². The lowest BCUT2D eigenvalue weighted by atomic mass is 10.0. The van der Waals surface area contributed by atoms with E-state index in [2.05, 4.69) is 5.32 Å². The molecule has 2 rings (SSSR count). The lowest BCUT2D eigenvalue weighted by molar-refractivity contribution is -0.157. The molecule has 1 aromatic carbocycles. The number of halogens is 3. The van der Waals surface area contributed by atoms with Crippen LogP contribution in [-0.4, -0.2) is 47.1 Å². The zero-order valence-corrected chi connectivity index (χ0v) is 13.3. The second-order valence-electron chi connectivity index (χ2n) is 5.97. The molecule has 2 amide bonds. The summed E-state index contributed by atoms with van der Waals surface area (Å²) in [5.74, 6) is -3.96. The number of rotatable bonds is 5. The standard InChI is InChI=1S/C16H17F3N2O4/c1-9(15(24)25)10-3-2-4-12(5-10)20-14(23)11-6-13(22)21(7-11)8-16(17,18)19/h2-5,9,11H,6-8H2,1H3,(H,20,23)(H,24,25). The van der Waals surface area contributed by atoms with E-state index < -0.39 is 42.3 Å². The van der Waals surface area contributed by atoms with Gasteiger partial charge in [-0.15, -0.1) is 0 Å². The third kappa shape index (κ3) is 4.94. The number of carboxylic acid groups (broad SMARTS) is 1. The number of amides is 2. The molecule has 0 spiro atoms. The van der Waals surface area contributed by atoms with Gasteiger partial charge in [-0.3, -0.25) is 14.4 Å². The molecule has 9 heteroatoms. The molecule has 1 aliphatic heterocycles. The number of carbonyl (C=O) groups excluding carboxylic acids is 2. The highest BCUT2D eigenvalue weighted by Gasteiger charge is 2.40. The van der Waals surface area contributed by atoms with Crippen molar-refractivity contribution in [2.75, 3.05) is 18.4 Å². The molecule has 136 valence electrons. The maximum absolute atomic E-state index is 12.4. The molecule has 0 aromatic heterocycles. The van der Waals surface area contributed by atoms with Gasteiger partial charge in [0.1, 0.15) is 6.54 Å². The van der Waals surface area contributed by atoms with Crippen LogP contribution >= 0.6 is 0 Å². The third-order valence-corrected chi connectivity index (χ3v) is 3.98. The van der Waals surface area contributed by atoms with Crippen molar-refractivity contribution in [1.82, 2.24) is 4.90 Å². The van der Waals surface area contributed by atoms with Gasteiger partial charge in [0.05, 0.1) is 11.8 Å². The van der Waals surface area contributed by atoms with Crippen molar-refractivity contribution in [2.24, 2.45) is 5.92 Å². The molecule has 0 aliphatic carbocycles. The normalized spacial score (nSPS) is 19.0. The Morgan fingerprint density at radius 2 is 2.08 bits per heavy atom. The number of alkyl halides is 3. The van der Waals surface area contributed by atoms with Crippen LogP contribution in [0.5, 0.6) is 0 Å². The van der Waals surface area contributed by atoms with Crippen LogP contribution in [0.1, 0.15) is 24.8 Å². The molecular weight excluding hydrogens is 341 g/mol. The van der Waals surface area contributed by atoms with Gasteiger partial charge in [-0.1, -0.05) is 12.1 Å². The number of nitrogens with one attached hydrogen (secondary N) is 1. The average molecular weight is 358 g/mol. The Bertz CT molecular complexity index is 690. The molecule has 2 unspecified atom stereocenters. The van der Waals surface area contributed by atoms with E-state index in [0.29, 0.717) is 16.2 Å². The summed E-state index contributed by atoms with van der Waals surface area (Å²) in [6, 6.07) is 6.19. The minimum atomic E-state index is -4.51. The Morgan fingerprint density at radius 1 is 1.40 bits per heavy atom.